The summed E-state index contributed by atoms with van der Waals surface area (Å²) in [5, 5.41) is 4.22. The number of rotatable bonds is 6. The van der Waals surface area contributed by atoms with Gasteiger partial charge in [-0.25, -0.2) is 27.0 Å². The smallest absolute Gasteiger partial charge is 0.278 e. The predicted octanol–water partition coefficient (Wildman–Crippen LogP) is 0.761. The third-order valence-corrected chi connectivity index (χ3v) is 5.14. The van der Waals surface area contributed by atoms with Gasteiger partial charge in [-0.15, -0.1) is 5.10 Å². The molecule has 26 heavy (non-hydrogen) atoms. The quantitative estimate of drug-likeness (QED) is 0.684. The summed E-state index contributed by atoms with van der Waals surface area (Å²) in [7, 11) is -2.30. The van der Waals surface area contributed by atoms with Crippen LogP contribution in [0.1, 0.15) is 0 Å². The number of benzene rings is 1. The molecule has 136 valence electrons. The number of halogens is 1. The van der Waals surface area contributed by atoms with E-state index in [0.29, 0.717) is 11.4 Å². The molecule has 0 spiro atoms. The van der Waals surface area contributed by atoms with Crippen LogP contribution in [-0.4, -0.2) is 34.3 Å². The van der Waals surface area contributed by atoms with E-state index in [1.165, 1.54) is 16.7 Å². The van der Waals surface area contributed by atoms with Crippen molar-refractivity contribution >= 4 is 10.0 Å². The summed E-state index contributed by atoms with van der Waals surface area (Å²) >= 11 is 0. The van der Waals surface area contributed by atoms with Crippen molar-refractivity contribution in [2.75, 3.05) is 6.54 Å². The molecule has 8 nitrogen and oxygen atoms in total. The maximum atomic E-state index is 13.2. The lowest BCUT2D eigenvalue weighted by atomic mass is 10.3. The Morgan fingerprint density at radius 3 is 2.73 bits per heavy atom. The molecule has 0 fully saturated rings. The maximum Gasteiger partial charge on any atom is 0.345 e. The van der Waals surface area contributed by atoms with Crippen molar-refractivity contribution in [1.29, 1.82) is 0 Å². The summed E-state index contributed by atoms with van der Waals surface area (Å²) in [5.41, 5.74) is 0.292. The van der Waals surface area contributed by atoms with Crippen LogP contribution in [0.15, 0.2) is 58.5 Å². The van der Waals surface area contributed by atoms with Gasteiger partial charge in [0.25, 0.3) is 0 Å². The van der Waals surface area contributed by atoms with E-state index in [-0.39, 0.29) is 23.7 Å². The van der Waals surface area contributed by atoms with Gasteiger partial charge in [0.2, 0.25) is 10.0 Å². The minimum absolute atomic E-state index is 0.0292. The lowest BCUT2D eigenvalue weighted by Crippen LogP contribution is -2.31. The van der Waals surface area contributed by atoms with Crippen LogP contribution in [0.2, 0.25) is 0 Å². The van der Waals surface area contributed by atoms with Crippen molar-refractivity contribution in [2.24, 2.45) is 7.05 Å². The Bertz CT molecular complexity index is 1080. The van der Waals surface area contributed by atoms with Crippen molar-refractivity contribution in [3.63, 3.8) is 0 Å². The molecule has 2 heterocycles. The van der Waals surface area contributed by atoms with Crippen LogP contribution in [0.5, 0.6) is 0 Å². The van der Waals surface area contributed by atoms with Crippen LogP contribution in [0, 0.1) is 5.82 Å². The summed E-state index contributed by atoms with van der Waals surface area (Å²) in [5.74, 6) is -0.217. The first-order valence-electron chi connectivity index (χ1n) is 7.68. The summed E-state index contributed by atoms with van der Waals surface area (Å²) in [6.45, 7) is -0.0380. The Morgan fingerprint density at radius 1 is 1.23 bits per heavy atom. The average Bonchev–Trinajstić information content (AvgIpc) is 2.91. The molecule has 1 aromatic carbocycles. The van der Waals surface area contributed by atoms with E-state index in [1.807, 2.05) is 0 Å². The standard InChI is InChI=1S/C16H16FN5O3S/c1-21-15(12-4-3-7-18-11-12)20-22(16(21)23)9-8-19-26(24,25)14-6-2-5-13(17)10-14/h2-7,10-11,19H,8-9H2,1H3. The topological polar surface area (TPSA) is 98.9 Å². The third-order valence-electron chi connectivity index (χ3n) is 3.68. The Kier molecular flexibility index (Phi) is 4.96. The molecule has 0 aliphatic carbocycles. The third kappa shape index (κ3) is 3.70. The van der Waals surface area contributed by atoms with Gasteiger partial charge in [-0.05, 0) is 30.3 Å². The molecule has 0 saturated carbocycles. The van der Waals surface area contributed by atoms with E-state index in [9.17, 15) is 17.6 Å². The first-order valence-corrected chi connectivity index (χ1v) is 9.16. The highest BCUT2D eigenvalue weighted by Crippen LogP contribution is 2.12. The van der Waals surface area contributed by atoms with Gasteiger partial charge in [-0.2, -0.15) is 0 Å². The average molecular weight is 377 g/mol. The van der Waals surface area contributed by atoms with E-state index < -0.39 is 15.8 Å². The second-order valence-electron chi connectivity index (χ2n) is 5.49. The number of hydrogen-bond acceptors (Lipinski definition) is 5. The molecule has 0 unspecified atom stereocenters. The molecule has 0 amide bonds. The van der Waals surface area contributed by atoms with Crippen LogP contribution in [0.25, 0.3) is 11.4 Å². The Hall–Kier alpha value is -2.85. The van der Waals surface area contributed by atoms with Gasteiger partial charge in [0.1, 0.15) is 5.82 Å². The Balaban J connectivity index is 1.74. The molecule has 10 heteroatoms. The van der Waals surface area contributed by atoms with E-state index in [0.717, 1.165) is 16.8 Å². The molecule has 3 rings (SSSR count). The summed E-state index contributed by atoms with van der Waals surface area (Å²) in [6.07, 6.45) is 3.19. The van der Waals surface area contributed by atoms with E-state index >= 15 is 0 Å². The molecule has 0 aliphatic rings. The minimum Gasteiger partial charge on any atom is -0.278 e. The molecule has 2 aromatic heterocycles. The van der Waals surface area contributed by atoms with E-state index in [4.69, 9.17) is 0 Å². The lowest BCUT2D eigenvalue weighted by Gasteiger charge is -2.06. The molecule has 1 N–H and O–H groups in total. The lowest BCUT2D eigenvalue weighted by molar-refractivity contribution is 0.549. The second kappa shape index (κ2) is 7.18. The predicted molar refractivity (Wildman–Crippen MR) is 92.3 cm³/mol. The van der Waals surface area contributed by atoms with Gasteiger partial charge in [0.15, 0.2) is 5.82 Å². The van der Waals surface area contributed by atoms with Crippen molar-refractivity contribution in [1.82, 2.24) is 24.1 Å². The number of nitrogens with zero attached hydrogens (tertiary/aromatic N) is 4. The summed E-state index contributed by atoms with van der Waals surface area (Å²) in [4.78, 5) is 16.1. The maximum absolute atomic E-state index is 13.2. The molecular weight excluding hydrogens is 361 g/mol. The summed E-state index contributed by atoms with van der Waals surface area (Å²) < 4.78 is 42.4. The van der Waals surface area contributed by atoms with Crippen molar-refractivity contribution in [2.45, 2.75) is 11.4 Å². The van der Waals surface area contributed by atoms with Crippen LogP contribution < -0.4 is 10.4 Å². The van der Waals surface area contributed by atoms with E-state index in [2.05, 4.69) is 14.8 Å². The molecule has 3 aromatic rings. The zero-order chi connectivity index (χ0) is 18.7. The van der Waals surface area contributed by atoms with Crippen LogP contribution in [-0.2, 0) is 23.6 Å². The van der Waals surface area contributed by atoms with Gasteiger partial charge in [-0.1, -0.05) is 6.07 Å². The number of nitrogens with one attached hydrogen (secondary N) is 1. The first-order chi connectivity index (χ1) is 12.4. The van der Waals surface area contributed by atoms with Gasteiger partial charge >= 0.3 is 5.69 Å². The van der Waals surface area contributed by atoms with Gasteiger partial charge in [0.05, 0.1) is 11.4 Å². The highest BCUT2D eigenvalue weighted by molar-refractivity contribution is 7.89. The minimum atomic E-state index is -3.87. The van der Waals surface area contributed by atoms with Crippen molar-refractivity contribution < 1.29 is 12.8 Å². The number of pyridine rings is 1. The molecule has 0 bridgehead atoms. The molecular formula is C16H16FN5O3S. The van der Waals surface area contributed by atoms with Crippen molar-refractivity contribution in [3.8, 4) is 11.4 Å². The fourth-order valence-corrected chi connectivity index (χ4v) is 3.44. The van der Waals surface area contributed by atoms with Crippen LogP contribution in [0.3, 0.4) is 0 Å². The number of aromatic nitrogens is 4. The van der Waals surface area contributed by atoms with Crippen LogP contribution in [0.4, 0.5) is 4.39 Å². The molecule has 0 saturated heterocycles. The van der Waals surface area contributed by atoms with Gasteiger partial charge in [-0.3, -0.25) is 9.55 Å². The highest BCUT2D eigenvalue weighted by Gasteiger charge is 2.16. The number of hydrogen-bond donors (Lipinski definition) is 1. The molecule has 0 radical (unpaired) electrons. The normalized spacial score (nSPS) is 11.6. The Morgan fingerprint density at radius 2 is 2.04 bits per heavy atom. The second-order valence-corrected chi connectivity index (χ2v) is 7.25. The monoisotopic (exact) mass is 377 g/mol. The van der Waals surface area contributed by atoms with Crippen LogP contribution >= 0.6 is 0 Å². The Labute approximate surface area is 149 Å². The first kappa shape index (κ1) is 18.0. The largest absolute Gasteiger partial charge is 0.345 e. The molecule has 0 atom stereocenters. The van der Waals surface area contributed by atoms with Gasteiger partial charge < -0.3 is 0 Å². The van der Waals surface area contributed by atoms with Gasteiger partial charge in [0, 0.05) is 31.5 Å². The molecule has 0 aliphatic heterocycles. The van der Waals surface area contributed by atoms with Crippen molar-refractivity contribution in [3.05, 3.63) is 65.1 Å². The fourth-order valence-electron chi connectivity index (χ4n) is 2.38. The zero-order valence-electron chi connectivity index (χ0n) is 13.8. The summed E-state index contributed by atoms with van der Waals surface area (Å²) in [6, 6.07) is 8.19. The SMILES string of the molecule is Cn1c(-c2cccnc2)nn(CCNS(=O)(=O)c2cccc(F)c2)c1=O. The zero-order valence-corrected chi connectivity index (χ0v) is 14.6. The number of sulfonamides is 1. The highest BCUT2D eigenvalue weighted by atomic mass is 32.2. The fraction of sp³-hybridized carbons (Fsp3) is 0.188. The van der Waals surface area contributed by atoms with E-state index in [1.54, 1.807) is 31.6 Å².